The molecule has 1 N–H and O–H groups in total. The first-order chi connectivity index (χ1) is 8.31. The van der Waals surface area contributed by atoms with Crippen LogP contribution in [0.3, 0.4) is 0 Å². The fourth-order valence-electron chi connectivity index (χ4n) is 2.79. The molecular weight excluding hydrogens is 210 g/mol. The number of rotatable bonds is 7. The van der Waals surface area contributed by atoms with Crippen LogP contribution in [0.1, 0.15) is 45.4 Å². The van der Waals surface area contributed by atoms with Gasteiger partial charge in [-0.15, -0.1) is 0 Å². The maximum absolute atomic E-state index is 9.08. The summed E-state index contributed by atoms with van der Waals surface area (Å²) in [4.78, 5) is 2.54. The van der Waals surface area contributed by atoms with Gasteiger partial charge in [-0.3, -0.25) is 5.32 Å². The van der Waals surface area contributed by atoms with E-state index in [0.717, 1.165) is 18.9 Å². The standard InChI is InChI=1S/C14H25N3/c1-2-3-12-6-8-17(11-12)9-7-14(10-15)16-13-4-5-13/h12-14,16H,2-9,11H2,1H3. The third-order valence-electron chi connectivity index (χ3n) is 3.97. The van der Waals surface area contributed by atoms with Crippen molar-refractivity contribution in [1.82, 2.24) is 10.2 Å². The molecule has 1 heterocycles. The van der Waals surface area contributed by atoms with Crippen LogP contribution in [-0.4, -0.2) is 36.6 Å². The Bertz CT molecular complexity index is 267. The monoisotopic (exact) mass is 235 g/mol. The van der Waals surface area contributed by atoms with E-state index in [1.165, 1.54) is 45.2 Å². The molecule has 2 atom stereocenters. The molecule has 3 heteroatoms. The van der Waals surface area contributed by atoms with Gasteiger partial charge < -0.3 is 4.90 Å². The van der Waals surface area contributed by atoms with Gasteiger partial charge in [0, 0.05) is 19.1 Å². The van der Waals surface area contributed by atoms with Gasteiger partial charge in [0.25, 0.3) is 0 Å². The van der Waals surface area contributed by atoms with E-state index in [9.17, 15) is 0 Å². The summed E-state index contributed by atoms with van der Waals surface area (Å²) in [6.45, 7) is 5.87. The van der Waals surface area contributed by atoms with Gasteiger partial charge in [0.2, 0.25) is 0 Å². The lowest BCUT2D eigenvalue weighted by Gasteiger charge is -2.18. The first-order valence-electron chi connectivity index (χ1n) is 7.19. The highest BCUT2D eigenvalue weighted by Crippen LogP contribution is 2.22. The summed E-state index contributed by atoms with van der Waals surface area (Å²) in [6, 6.07) is 3.12. The molecule has 0 amide bonds. The minimum absolute atomic E-state index is 0.0766. The summed E-state index contributed by atoms with van der Waals surface area (Å²) in [5, 5.41) is 12.5. The van der Waals surface area contributed by atoms with Crippen molar-refractivity contribution in [3.8, 4) is 6.07 Å². The Morgan fingerprint density at radius 1 is 1.41 bits per heavy atom. The van der Waals surface area contributed by atoms with Crippen molar-refractivity contribution in [3.63, 3.8) is 0 Å². The summed E-state index contributed by atoms with van der Waals surface area (Å²) in [7, 11) is 0. The molecule has 1 aliphatic carbocycles. The molecular formula is C14H25N3. The molecule has 2 rings (SSSR count). The van der Waals surface area contributed by atoms with Gasteiger partial charge in [0.05, 0.1) is 12.1 Å². The molecule has 1 aliphatic heterocycles. The lowest BCUT2D eigenvalue weighted by atomic mass is 10.0. The van der Waals surface area contributed by atoms with E-state index in [4.69, 9.17) is 5.26 Å². The van der Waals surface area contributed by atoms with E-state index in [-0.39, 0.29) is 6.04 Å². The van der Waals surface area contributed by atoms with E-state index >= 15 is 0 Å². The SMILES string of the molecule is CCCC1CCN(CCC(C#N)NC2CC2)C1. The second-order valence-corrected chi connectivity index (χ2v) is 5.66. The molecule has 2 aliphatic rings. The highest BCUT2D eigenvalue weighted by Gasteiger charge is 2.26. The number of hydrogen-bond donors (Lipinski definition) is 1. The third kappa shape index (κ3) is 4.29. The Morgan fingerprint density at radius 3 is 2.88 bits per heavy atom. The zero-order chi connectivity index (χ0) is 12.1. The van der Waals surface area contributed by atoms with Crippen molar-refractivity contribution in [1.29, 1.82) is 5.26 Å². The molecule has 1 saturated heterocycles. The number of nitrogens with zero attached hydrogens (tertiary/aromatic N) is 2. The van der Waals surface area contributed by atoms with Crippen LogP contribution in [0.25, 0.3) is 0 Å². The van der Waals surface area contributed by atoms with Gasteiger partial charge in [-0.1, -0.05) is 13.3 Å². The van der Waals surface area contributed by atoms with E-state index < -0.39 is 0 Å². The fourth-order valence-corrected chi connectivity index (χ4v) is 2.79. The Kier molecular flexibility index (Phi) is 4.82. The van der Waals surface area contributed by atoms with Crippen LogP contribution in [0.2, 0.25) is 0 Å². The fraction of sp³-hybridized carbons (Fsp3) is 0.929. The quantitative estimate of drug-likeness (QED) is 0.735. The van der Waals surface area contributed by atoms with Gasteiger partial charge in [-0.05, 0) is 44.6 Å². The lowest BCUT2D eigenvalue weighted by Crippen LogP contribution is -2.34. The number of nitrogens with one attached hydrogen (secondary N) is 1. The molecule has 0 radical (unpaired) electrons. The molecule has 3 nitrogen and oxygen atoms in total. The van der Waals surface area contributed by atoms with Crippen molar-refractivity contribution in [2.45, 2.75) is 57.5 Å². The Morgan fingerprint density at radius 2 is 2.24 bits per heavy atom. The van der Waals surface area contributed by atoms with Gasteiger partial charge in [-0.25, -0.2) is 0 Å². The minimum atomic E-state index is 0.0766. The number of likely N-dealkylation sites (tertiary alicyclic amines) is 1. The van der Waals surface area contributed by atoms with Crippen molar-refractivity contribution in [2.24, 2.45) is 5.92 Å². The average molecular weight is 235 g/mol. The second-order valence-electron chi connectivity index (χ2n) is 5.66. The van der Waals surface area contributed by atoms with Crippen LogP contribution < -0.4 is 5.32 Å². The van der Waals surface area contributed by atoms with Gasteiger partial charge in [-0.2, -0.15) is 5.26 Å². The molecule has 0 aromatic carbocycles. The third-order valence-corrected chi connectivity index (χ3v) is 3.97. The van der Waals surface area contributed by atoms with E-state index in [1.54, 1.807) is 0 Å². The molecule has 17 heavy (non-hydrogen) atoms. The second kappa shape index (κ2) is 6.37. The topological polar surface area (TPSA) is 39.1 Å². The summed E-state index contributed by atoms with van der Waals surface area (Å²) < 4.78 is 0. The predicted molar refractivity (Wildman–Crippen MR) is 69.6 cm³/mol. The largest absolute Gasteiger partial charge is 0.303 e. The first kappa shape index (κ1) is 12.9. The van der Waals surface area contributed by atoms with Crippen molar-refractivity contribution in [3.05, 3.63) is 0 Å². The first-order valence-corrected chi connectivity index (χ1v) is 7.19. The van der Waals surface area contributed by atoms with Crippen molar-refractivity contribution < 1.29 is 0 Å². The van der Waals surface area contributed by atoms with Gasteiger partial charge in [0.15, 0.2) is 0 Å². The van der Waals surface area contributed by atoms with E-state index in [2.05, 4.69) is 23.2 Å². The predicted octanol–water partition coefficient (Wildman–Crippen LogP) is 2.14. The molecule has 0 bridgehead atoms. The highest BCUT2D eigenvalue weighted by atomic mass is 15.1. The molecule has 96 valence electrons. The Labute approximate surface area is 105 Å². The van der Waals surface area contributed by atoms with E-state index in [1.807, 2.05) is 0 Å². The number of nitriles is 1. The Hall–Kier alpha value is -0.590. The highest BCUT2D eigenvalue weighted by molar-refractivity contribution is 4.96. The summed E-state index contributed by atoms with van der Waals surface area (Å²) >= 11 is 0. The van der Waals surface area contributed by atoms with Crippen LogP contribution in [0, 0.1) is 17.2 Å². The maximum Gasteiger partial charge on any atom is 0.0967 e. The zero-order valence-electron chi connectivity index (χ0n) is 11.0. The van der Waals surface area contributed by atoms with Crippen LogP contribution in [0.5, 0.6) is 0 Å². The zero-order valence-corrected chi connectivity index (χ0v) is 11.0. The summed E-state index contributed by atoms with van der Waals surface area (Å²) in [5.74, 6) is 0.914. The molecule has 2 unspecified atom stereocenters. The van der Waals surface area contributed by atoms with Crippen molar-refractivity contribution in [2.75, 3.05) is 19.6 Å². The van der Waals surface area contributed by atoms with Crippen LogP contribution in [-0.2, 0) is 0 Å². The molecule has 0 spiro atoms. The number of hydrogen-bond acceptors (Lipinski definition) is 3. The maximum atomic E-state index is 9.08. The minimum Gasteiger partial charge on any atom is -0.303 e. The molecule has 2 fully saturated rings. The smallest absolute Gasteiger partial charge is 0.0967 e. The van der Waals surface area contributed by atoms with Gasteiger partial charge >= 0.3 is 0 Å². The van der Waals surface area contributed by atoms with E-state index in [0.29, 0.717) is 6.04 Å². The molecule has 0 aromatic heterocycles. The molecule has 0 aromatic rings. The molecule has 1 saturated carbocycles. The Balaban J connectivity index is 1.62. The average Bonchev–Trinajstić information content (AvgIpc) is 3.04. The summed E-state index contributed by atoms with van der Waals surface area (Å²) in [6.07, 6.45) is 7.56. The summed E-state index contributed by atoms with van der Waals surface area (Å²) in [5.41, 5.74) is 0. The van der Waals surface area contributed by atoms with Gasteiger partial charge in [0.1, 0.15) is 0 Å². The van der Waals surface area contributed by atoms with Crippen LogP contribution in [0.15, 0.2) is 0 Å². The van der Waals surface area contributed by atoms with Crippen LogP contribution >= 0.6 is 0 Å². The van der Waals surface area contributed by atoms with Crippen molar-refractivity contribution >= 4 is 0 Å². The normalized spacial score (nSPS) is 26.9. The lowest BCUT2D eigenvalue weighted by molar-refractivity contribution is 0.305. The van der Waals surface area contributed by atoms with Crippen LogP contribution in [0.4, 0.5) is 0 Å².